The second kappa shape index (κ2) is 54.8. The molecule has 0 aliphatic heterocycles. The second-order valence-electron chi connectivity index (χ2n) is 3.41. The number of hydrogen-bond donors (Lipinski definition) is 0. The van der Waals surface area contributed by atoms with Crippen LogP contribution in [0.2, 0.25) is 0 Å². The maximum Gasteiger partial charge on any atom is 0 e. The van der Waals surface area contributed by atoms with Gasteiger partial charge in [-0.1, -0.05) is 53.4 Å². The first-order valence-electron chi connectivity index (χ1n) is 6.83. The quantitative estimate of drug-likeness (QED) is 0.411. The van der Waals surface area contributed by atoms with E-state index in [4.69, 9.17) is 0 Å². The molecule has 0 aliphatic rings. The SMILES string of the molecule is [CH2-]CCC.[CH2-]CCC.[CH2-]CCC.[CH2-]CCC.[Cu]. The fourth-order valence-electron chi connectivity index (χ4n) is 0. The molecule has 115 valence electrons. The molecule has 0 atom stereocenters. The zero-order chi connectivity index (χ0) is 13.7. The summed E-state index contributed by atoms with van der Waals surface area (Å²) in [5.41, 5.74) is 0. The normalized spacial score (nSPS) is 7.06. The molecule has 0 aromatic heterocycles. The molecule has 0 nitrogen and oxygen atoms in total. The van der Waals surface area contributed by atoms with Crippen LogP contribution >= 0.6 is 0 Å². The smallest absolute Gasteiger partial charge is 0 e. The summed E-state index contributed by atoms with van der Waals surface area (Å²) in [5, 5.41) is 0. The van der Waals surface area contributed by atoms with E-state index in [9.17, 15) is 0 Å². The van der Waals surface area contributed by atoms with Gasteiger partial charge in [-0.2, -0.15) is 25.7 Å². The molecule has 0 unspecified atom stereocenters. The van der Waals surface area contributed by atoms with Crippen molar-refractivity contribution in [1.82, 2.24) is 0 Å². The maximum absolute atomic E-state index is 3.60. The Morgan fingerprint density at radius 1 is 0.471 bits per heavy atom. The van der Waals surface area contributed by atoms with E-state index in [1.54, 1.807) is 0 Å². The third kappa shape index (κ3) is 170. The minimum absolute atomic E-state index is 0. The van der Waals surface area contributed by atoms with E-state index in [1.807, 2.05) is 0 Å². The van der Waals surface area contributed by atoms with Crippen molar-refractivity contribution in [2.24, 2.45) is 0 Å². The molecular weight excluding hydrogens is 256 g/mol. The molecule has 0 aromatic carbocycles. The van der Waals surface area contributed by atoms with Crippen molar-refractivity contribution >= 4 is 0 Å². The zero-order valence-corrected chi connectivity index (χ0v) is 13.7. The van der Waals surface area contributed by atoms with Gasteiger partial charge in [-0.05, 0) is 0 Å². The van der Waals surface area contributed by atoms with Gasteiger partial charge in [-0.3, -0.25) is 0 Å². The Labute approximate surface area is 124 Å². The zero-order valence-electron chi connectivity index (χ0n) is 12.8. The molecule has 1 radical (unpaired) electrons. The summed E-state index contributed by atoms with van der Waals surface area (Å²) in [4.78, 5) is 0. The first kappa shape index (κ1) is 30.5. The average molecular weight is 292 g/mol. The monoisotopic (exact) mass is 291 g/mol. The standard InChI is InChI=1S/4C4H9.Cu/c4*1-3-4-2;/h4*1,3-4H2,2H3;/q4*-1;. The van der Waals surface area contributed by atoms with Crippen molar-refractivity contribution in [1.29, 1.82) is 0 Å². The van der Waals surface area contributed by atoms with Gasteiger partial charge >= 0.3 is 0 Å². The Bertz CT molecular complexity index is 29.5. The van der Waals surface area contributed by atoms with Crippen LogP contribution in [0.5, 0.6) is 0 Å². The number of unbranched alkanes of at least 4 members (excludes halogenated alkanes) is 4. The van der Waals surface area contributed by atoms with Crippen LogP contribution in [0, 0.1) is 27.7 Å². The maximum atomic E-state index is 3.60. The molecule has 1 heteroatoms. The van der Waals surface area contributed by atoms with Gasteiger partial charge in [0.2, 0.25) is 0 Å². The molecule has 0 fully saturated rings. The van der Waals surface area contributed by atoms with Crippen LogP contribution in [0.4, 0.5) is 0 Å². The third-order valence-corrected chi connectivity index (χ3v) is 1.41. The van der Waals surface area contributed by atoms with Crippen molar-refractivity contribution in [3.8, 4) is 0 Å². The van der Waals surface area contributed by atoms with E-state index in [0.717, 1.165) is 25.7 Å². The molecule has 0 saturated carbocycles. The van der Waals surface area contributed by atoms with Gasteiger partial charge in [-0.15, -0.1) is 0 Å². The molecule has 0 bridgehead atoms. The van der Waals surface area contributed by atoms with Crippen molar-refractivity contribution in [3.05, 3.63) is 27.7 Å². The van der Waals surface area contributed by atoms with Gasteiger partial charge in [0.15, 0.2) is 0 Å². The Morgan fingerprint density at radius 2 is 0.529 bits per heavy atom. The summed E-state index contributed by atoms with van der Waals surface area (Å²) in [5.74, 6) is 0. The van der Waals surface area contributed by atoms with E-state index in [2.05, 4.69) is 55.4 Å². The molecule has 0 saturated heterocycles. The Balaban J connectivity index is -0.0000000369. The second-order valence-corrected chi connectivity index (χ2v) is 3.41. The Morgan fingerprint density at radius 3 is 0.529 bits per heavy atom. The fourth-order valence-corrected chi connectivity index (χ4v) is 0. The van der Waals surface area contributed by atoms with Crippen molar-refractivity contribution < 1.29 is 17.1 Å². The molecule has 0 spiro atoms. The van der Waals surface area contributed by atoms with Crippen molar-refractivity contribution in [2.75, 3.05) is 0 Å². The minimum Gasteiger partial charge on any atom is -0.343 e. The summed E-state index contributed by atoms with van der Waals surface area (Å²) in [7, 11) is 0. The summed E-state index contributed by atoms with van der Waals surface area (Å²) in [6.07, 6.45) is 9.11. The molecule has 0 rings (SSSR count). The summed E-state index contributed by atoms with van der Waals surface area (Å²) in [6.45, 7) is 22.9. The first-order valence-corrected chi connectivity index (χ1v) is 6.83. The van der Waals surface area contributed by atoms with E-state index in [-0.39, 0.29) is 17.1 Å². The van der Waals surface area contributed by atoms with E-state index < -0.39 is 0 Å². The van der Waals surface area contributed by atoms with Crippen molar-refractivity contribution in [3.63, 3.8) is 0 Å². The van der Waals surface area contributed by atoms with Gasteiger partial charge in [-0.25, -0.2) is 0 Å². The van der Waals surface area contributed by atoms with Crippen LogP contribution in [0.25, 0.3) is 0 Å². The van der Waals surface area contributed by atoms with Crippen LogP contribution in [0.3, 0.4) is 0 Å². The molecular formula is C16H36Cu-4. The number of rotatable bonds is 4. The van der Waals surface area contributed by atoms with E-state index >= 15 is 0 Å². The third-order valence-electron chi connectivity index (χ3n) is 1.41. The van der Waals surface area contributed by atoms with Crippen LogP contribution in [-0.4, -0.2) is 0 Å². The van der Waals surface area contributed by atoms with Crippen LogP contribution in [-0.2, 0) is 17.1 Å². The molecule has 0 amide bonds. The van der Waals surface area contributed by atoms with Gasteiger partial charge in [0.05, 0.1) is 0 Å². The van der Waals surface area contributed by atoms with Gasteiger partial charge in [0.25, 0.3) is 0 Å². The summed E-state index contributed by atoms with van der Waals surface area (Å²) < 4.78 is 0. The molecule has 17 heavy (non-hydrogen) atoms. The Kier molecular flexibility index (Phi) is 98.4. The average Bonchev–Trinajstić information content (AvgIpc) is 2.39. The topological polar surface area (TPSA) is 0 Å². The van der Waals surface area contributed by atoms with E-state index in [0.29, 0.717) is 0 Å². The van der Waals surface area contributed by atoms with Crippen LogP contribution in [0.15, 0.2) is 0 Å². The van der Waals surface area contributed by atoms with Crippen molar-refractivity contribution in [2.45, 2.75) is 79.1 Å². The molecule has 0 N–H and O–H groups in total. The largest absolute Gasteiger partial charge is 0.343 e. The predicted octanol–water partition coefficient (Wildman–Crippen LogP) is 6.48. The first-order chi connectivity index (χ1) is 7.66. The molecule has 0 aliphatic carbocycles. The van der Waals surface area contributed by atoms with E-state index in [1.165, 1.54) is 25.7 Å². The number of hydrogen-bond acceptors (Lipinski definition) is 0. The van der Waals surface area contributed by atoms with Gasteiger partial charge in [0, 0.05) is 17.1 Å². The molecule has 0 aromatic rings. The summed E-state index contributed by atoms with van der Waals surface area (Å²) >= 11 is 0. The van der Waals surface area contributed by atoms with Gasteiger partial charge in [0.1, 0.15) is 0 Å². The Hall–Kier alpha value is 0.519. The van der Waals surface area contributed by atoms with Crippen LogP contribution < -0.4 is 0 Å². The molecule has 0 heterocycles. The van der Waals surface area contributed by atoms with Gasteiger partial charge < -0.3 is 27.7 Å². The predicted molar refractivity (Wildman–Crippen MR) is 81.1 cm³/mol. The minimum atomic E-state index is 0. The van der Waals surface area contributed by atoms with Crippen LogP contribution in [0.1, 0.15) is 79.1 Å². The summed E-state index contributed by atoms with van der Waals surface area (Å²) in [6, 6.07) is 0. The fraction of sp³-hybridized carbons (Fsp3) is 0.750.